The van der Waals surface area contributed by atoms with Gasteiger partial charge in [0.15, 0.2) is 0 Å². The Hall–Kier alpha value is -1.22. The first kappa shape index (κ1) is 11.8. The smallest absolute Gasteiger partial charge is 0.0423 e. The number of piperidine rings is 1. The van der Waals surface area contributed by atoms with E-state index in [1.807, 2.05) is 6.07 Å². The number of benzene rings is 1. The number of nitrogens with two attached hydrogens (primary N) is 1. The molecule has 2 heterocycles. The van der Waals surface area contributed by atoms with E-state index in [1.165, 1.54) is 37.1 Å². The Balaban J connectivity index is 1.80. The molecule has 0 aromatic heterocycles. The van der Waals surface area contributed by atoms with E-state index in [0.29, 0.717) is 12.1 Å². The Labute approximate surface area is 109 Å². The van der Waals surface area contributed by atoms with Crippen LogP contribution in [0.5, 0.6) is 0 Å². The molecule has 3 rings (SSSR count). The predicted molar refractivity (Wildman–Crippen MR) is 77.0 cm³/mol. The Morgan fingerprint density at radius 3 is 3.06 bits per heavy atom. The van der Waals surface area contributed by atoms with Crippen LogP contribution in [0.15, 0.2) is 18.2 Å². The van der Waals surface area contributed by atoms with Crippen molar-refractivity contribution in [1.82, 2.24) is 5.32 Å². The fourth-order valence-electron chi connectivity index (χ4n) is 3.35. The number of rotatable bonds is 2. The minimum atomic E-state index is 0.563. The second kappa shape index (κ2) is 4.81. The molecule has 0 bridgehead atoms. The molecule has 98 valence electrons. The lowest BCUT2D eigenvalue weighted by Crippen LogP contribution is -2.50. The average molecular weight is 245 g/mol. The van der Waals surface area contributed by atoms with Gasteiger partial charge in [0, 0.05) is 30.0 Å². The first-order valence-corrected chi connectivity index (χ1v) is 7.14. The summed E-state index contributed by atoms with van der Waals surface area (Å²) in [5.74, 6) is 0. The number of hydrogen-bond donors (Lipinski definition) is 2. The van der Waals surface area contributed by atoms with Crippen LogP contribution in [0.4, 0.5) is 11.4 Å². The van der Waals surface area contributed by atoms with Gasteiger partial charge in [-0.05, 0) is 50.4 Å². The highest BCUT2D eigenvalue weighted by molar-refractivity contribution is 5.64. The summed E-state index contributed by atoms with van der Waals surface area (Å²) >= 11 is 0. The molecule has 3 N–H and O–H groups in total. The summed E-state index contributed by atoms with van der Waals surface area (Å²) in [6.07, 6.45) is 5.15. The number of nitrogens with zero attached hydrogens (tertiary/aromatic N) is 1. The third-order valence-corrected chi connectivity index (χ3v) is 4.46. The van der Waals surface area contributed by atoms with Crippen LogP contribution in [-0.4, -0.2) is 25.2 Å². The lowest BCUT2D eigenvalue weighted by molar-refractivity contribution is 0.351. The Morgan fingerprint density at radius 1 is 1.39 bits per heavy atom. The SMILES string of the molecule is CC(C1CCCCN1)N1CCc2ccc(N)cc21. The van der Waals surface area contributed by atoms with E-state index in [9.17, 15) is 0 Å². The zero-order valence-corrected chi connectivity index (χ0v) is 11.2. The van der Waals surface area contributed by atoms with Crippen molar-refractivity contribution in [3.05, 3.63) is 23.8 Å². The number of fused-ring (bicyclic) bond motifs is 1. The molecule has 3 heteroatoms. The van der Waals surface area contributed by atoms with Crippen molar-refractivity contribution in [2.75, 3.05) is 23.7 Å². The van der Waals surface area contributed by atoms with Gasteiger partial charge >= 0.3 is 0 Å². The third kappa shape index (κ3) is 2.07. The fourth-order valence-corrected chi connectivity index (χ4v) is 3.35. The van der Waals surface area contributed by atoms with Crippen molar-refractivity contribution >= 4 is 11.4 Å². The van der Waals surface area contributed by atoms with Gasteiger partial charge < -0.3 is 16.0 Å². The quantitative estimate of drug-likeness (QED) is 0.785. The molecule has 1 saturated heterocycles. The minimum absolute atomic E-state index is 0.563. The molecule has 2 unspecified atom stereocenters. The van der Waals surface area contributed by atoms with E-state index in [-0.39, 0.29) is 0 Å². The minimum Gasteiger partial charge on any atom is -0.399 e. The van der Waals surface area contributed by atoms with E-state index >= 15 is 0 Å². The second-order valence-corrected chi connectivity index (χ2v) is 5.63. The van der Waals surface area contributed by atoms with E-state index < -0.39 is 0 Å². The van der Waals surface area contributed by atoms with Gasteiger partial charge in [0.05, 0.1) is 0 Å². The van der Waals surface area contributed by atoms with Crippen LogP contribution < -0.4 is 16.0 Å². The van der Waals surface area contributed by atoms with Gasteiger partial charge in [-0.15, -0.1) is 0 Å². The lowest BCUT2D eigenvalue weighted by atomic mass is 9.98. The zero-order chi connectivity index (χ0) is 12.5. The number of anilines is 2. The maximum absolute atomic E-state index is 5.93. The molecule has 0 aliphatic carbocycles. The van der Waals surface area contributed by atoms with Crippen LogP contribution in [0.1, 0.15) is 31.7 Å². The van der Waals surface area contributed by atoms with Gasteiger partial charge in [0.2, 0.25) is 0 Å². The summed E-state index contributed by atoms with van der Waals surface area (Å²) in [5.41, 5.74) is 9.62. The van der Waals surface area contributed by atoms with Crippen LogP contribution in [-0.2, 0) is 6.42 Å². The lowest BCUT2D eigenvalue weighted by Gasteiger charge is -2.36. The van der Waals surface area contributed by atoms with Gasteiger partial charge in [0.1, 0.15) is 0 Å². The maximum atomic E-state index is 5.93. The summed E-state index contributed by atoms with van der Waals surface area (Å²) in [7, 11) is 0. The highest BCUT2D eigenvalue weighted by Crippen LogP contribution is 2.32. The van der Waals surface area contributed by atoms with Gasteiger partial charge in [-0.1, -0.05) is 12.5 Å². The Morgan fingerprint density at radius 2 is 2.28 bits per heavy atom. The standard InChI is InChI=1S/C15H23N3/c1-11(14-4-2-3-8-17-14)18-9-7-12-5-6-13(16)10-15(12)18/h5-6,10-11,14,17H,2-4,7-9,16H2,1H3. The topological polar surface area (TPSA) is 41.3 Å². The summed E-state index contributed by atoms with van der Waals surface area (Å²) < 4.78 is 0. The van der Waals surface area contributed by atoms with Gasteiger partial charge in [0.25, 0.3) is 0 Å². The van der Waals surface area contributed by atoms with Crippen LogP contribution in [0.3, 0.4) is 0 Å². The molecule has 0 saturated carbocycles. The largest absolute Gasteiger partial charge is 0.399 e. The van der Waals surface area contributed by atoms with Gasteiger partial charge in [-0.25, -0.2) is 0 Å². The third-order valence-electron chi connectivity index (χ3n) is 4.46. The van der Waals surface area contributed by atoms with E-state index in [1.54, 1.807) is 0 Å². The van der Waals surface area contributed by atoms with Crippen molar-refractivity contribution in [2.24, 2.45) is 0 Å². The van der Waals surface area contributed by atoms with Crippen LogP contribution in [0.2, 0.25) is 0 Å². The summed E-state index contributed by atoms with van der Waals surface area (Å²) in [5, 5.41) is 3.67. The molecule has 1 aromatic carbocycles. The first-order chi connectivity index (χ1) is 8.75. The molecule has 2 aliphatic heterocycles. The monoisotopic (exact) mass is 245 g/mol. The number of nitrogens with one attached hydrogen (secondary N) is 1. The highest BCUT2D eigenvalue weighted by atomic mass is 15.2. The molecule has 18 heavy (non-hydrogen) atoms. The molecular formula is C15H23N3. The predicted octanol–water partition coefficient (Wildman–Crippen LogP) is 2.16. The van der Waals surface area contributed by atoms with Gasteiger partial charge in [-0.2, -0.15) is 0 Å². The van der Waals surface area contributed by atoms with Crippen LogP contribution in [0, 0.1) is 0 Å². The van der Waals surface area contributed by atoms with Crippen LogP contribution >= 0.6 is 0 Å². The zero-order valence-electron chi connectivity index (χ0n) is 11.2. The molecule has 3 nitrogen and oxygen atoms in total. The fraction of sp³-hybridized carbons (Fsp3) is 0.600. The van der Waals surface area contributed by atoms with E-state index in [2.05, 4.69) is 29.3 Å². The van der Waals surface area contributed by atoms with Gasteiger partial charge in [-0.3, -0.25) is 0 Å². The molecule has 2 atom stereocenters. The van der Waals surface area contributed by atoms with Crippen molar-refractivity contribution < 1.29 is 0 Å². The summed E-state index contributed by atoms with van der Waals surface area (Å²) in [6.45, 7) is 4.66. The Kier molecular flexibility index (Phi) is 3.16. The molecular weight excluding hydrogens is 222 g/mol. The number of hydrogen-bond acceptors (Lipinski definition) is 3. The molecule has 0 spiro atoms. The molecule has 1 aromatic rings. The first-order valence-electron chi connectivity index (χ1n) is 7.14. The molecule has 0 amide bonds. The molecule has 0 radical (unpaired) electrons. The van der Waals surface area contributed by atoms with Crippen molar-refractivity contribution in [3.8, 4) is 0 Å². The number of nitrogen functional groups attached to an aromatic ring is 1. The second-order valence-electron chi connectivity index (χ2n) is 5.63. The average Bonchev–Trinajstić information content (AvgIpc) is 2.82. The summed E-state index contributed by atoms with van der Waals surface area (Å²) in [6, 6.07) is 7.54. The maximum Gasteiger partial charge on any atom is 0.0423 e. The van der Waals surface area contributed by atoms with E-state index in [0.717, 1.165) is 18.7 Å². The van der Waals surface area contributed by atoms with Crippen molar-refractivity contribution in [2.45, 2.75) is 44.7 Å². The molecule has 2 aliphatic rings. The van der Waals surface area contributed by atoms with E-state index in [4.69, 9.17) is 5.73 Å². The highest BCUT2D eigenvalue weighted by Gasteiger charge is 2.29. The molecule has 1 fully saturated rings. The van der Waals surface area contributed by atoms with Crippen LogP contribution in [0.25, 0.3) is 0 Å². The van der Waals surface area contributed by atoms with Crippen molar-refractivity contribution in [1.29, 1.82) is 0 Å². The normalized spacial score (nSPS) is 24.9. The van der Waals surface area contributed by atoms with Crippen molar-refractivity contribution in [3.63, 3.8) is 0 Å². The Bertz CT molecular complexity index is 424. The summed E-state index contributed by atoms with van der Waals surface area (Å²) in [4.78, 5) is 2.54.